The number of carbonyl (C=O) groups is 1. The van der Waals surface area contributed by atoms with Gasteiger partial charge in [0.05, 0.1) is 0 Å². The Labute approximate surface area is 129 Å². The van der Waals surface area contributed by atoms with Gasteiger partial charge in [0.25, 0.3) is 10.2 Å². The molecule has 0 atom stereocenters. The second-order valence-electron chi connectivity index (χ2n) is 5.41. The highest BCUT2D eigenvalue weighted by Crippen LogP contribution is 2.21. The quantitative estimate of drug-likeness (QED) is 0.684. The first-order valence-corrected chi connectivity index (χ1v) is 9.39. The fraction of sp³-hybridized carbons (Fsp3) is 0.929. The van der Waals surface area contributed by atoms with Crippen LogP contribution in [0.2, 0.25) is 0 Å². The third-order valence-corrected chi connectivity index (χ3v) is 6.20. The smallest absolute Gasteiger partial charge is 0.281 e. The molecule has 1 aliphatic heterocycles. The summed E-state index contributed by atoms with van der Waals surface area (Å²) in [6, 6.07) is 0. The Balaban J connectivity index is 2.50. The van der Waals surface area contributed by atoms with Crippen LogP contribution in [-0.4, -0.2) is 55.7 Å². The molecule has 0 spiro atoms. The molecule has 1 heterocycles. The van der Waals surface area contributed by atoms with E-state index in [1.165, 1.54) is 8.61 Å². The van der Waals surface area contributed by atoms with Gasteiger partial charge in [-0.05, 0) is 19.3 Å². The second-order valence-corrected chi connectivity index (χ2v) is 7.34. The summed E-state index contributed by atoms with van der Waals surface area (Å²) in [5.74, 6) is 0.0216. The molecule has 1 saturated heterocycles. The molecule has 0 bridgehead atoms. The van der Waals surface area contributed by atoms with Crippen molar-refractivity contribution < 1.29 is 13.2 Å². The van der Waals surface area contributed by atoms with Crippen LogP contribution >= 0.6 is 0 Å². The Hall–Kier alpha value is -0.660. The van der Waals surface area contributed by atoms with Gasteiger partial charge in [0.1, 0.15) is 0 Å². The lowest BCUT2D eigenvalue weighted by Gasteiger charge is -2.33. The Morgan fingerprint density at radius 3 is 2.24 bits per heavy atom. The normalized spacial score (nSPS) is 18.1. The number of unbranched alkanes of at least 4 members (excludes halogenated alkanes) is 1. The van der Waals surface area contributed by atoms with Crippen LogP contribution in [0.15, 0.2) is 0 Å². The number of nitrogens with one attached hydrogen (secondary N) is 1. The Bertz CT molecular complexity index is 413. The van der Waals surface area contributed by atoms with Gasteiger partial charge in [-0.1, -0.05) is 27.2 Å². The van der Waals surface area contributed by atoms with Gasteiger partial charge in [0, 0.05) is 38.6 Å². The first-order chi connectivity index (χ1) is 9.97. The molecule has 7 heteroatoms. The number of hydrogen-bond acceptors (Lipinski definition) is 3. The molecular formula is C14H29N3O3S. The predicted molar refractivity (Wildman–Crippen MR) is 84.1 cm³/mol. The Morgan fingerprint density at radius 2 is 1.76 bits per heavy atom. The minimum atomic E-state index is -3.36. The molecule has 21 heavy (non-hydrogen) atoms. The Morgan fingerprint density at radius 1 is 1.19 bits per heavy atom. The summed E-state index contributed by atoms with van der Waals surface area (Å²) in [7, 11) is -3.36. The maximum atomic E-state index is 12.4. The summed E-state index contributed by atoms with van der Waals surface area (Å²) < 4.78 is 27.7. The number of hydrogen-bond donors (Lipinski definition) is 1. The number of nitrogens with zero attached hydrogens (tertiary/aromatic N) is 2. The summed E-state index contributed by atoms with van der Waals surface area (Å²) in [6.45, 7) is 8.32. The largest absolute Gasteiger partial charge is 0.356 e. The van der Waals surface area contributed by atoms with E-state index in [0.29, 0.717) is 45.6 Å². The van der Waals surface area contributed by atoms with Gasteiger partial charge in [0.2, 0.25) is 5.91 Å². The SMILES string of the molecule is CCCCNC(=O)C1CCN(S(=O)(=O)N(CC)CC)CC1. The van der Waals surface area contributed by atoms with E-state index < -0.39 is 10.2 Å². The summed E-state index contributed by atoms with van der Waals surface area (Å²) >= 11 is 0. The van der Waals surface area contributed by atoms with Gasteiger partial charge in [-0.3, -0.25) is 4.79 Å². The van der Waals surface area contributed by atoms with Crippen LogP contribution in [0.4, 0.5) is 0 Å². The molecule has 124 valence electrons. The van der Waals surface area contributed by atoms with E-state index >= 15 is 0 Å². The van der Waals surface area contributed by atoms with Crippen molar-refractivity contribution in [2.45, 2.75) is 46.5 Å². The number of piperidine rings is 1. The van der Waals surface area contributed by atoms with Gasteiger partial charge < -0.3 is 5.32 Å². The molecule has 1 N–H and O–H groups in total. The summed E-state index contributed by atoms with van der Waals surface area (Å²) in [4.78, 5) is 12.0. The van der Waals surface area contributed by atoms with E-state index in [2.05, 4.69) is 12.2 Å². The van der Waals surface area contributed by atoms with Crippen molar-refractivity contribution in [3.05, 3.63) is 0 Å². The molecule has 6 nitrogen and oxygen atoms in total. The summed E-state index contributed by atoms with van der Waals surface area (Å²) in [6.07, 6.45) is 3.26. The second kappa shape index (κ2) is 8.70. The highest BCUT2D eigenvalue weighted by Gasteiger charge is 2.33. The third kappa shape index (κ3) is 4.93. The lowest BCUT2D eigenvalue weighted by molar-refractivity contribution is -0.126. The van der Waals surface area contributed by atoms with Crippen molar-refractivity contribution in [2.24, 2.45) is 5.92 Å². The Kier molecular flexibility index (Phi) is 7.62. The third-order valence-electron chi connectivity index (χ3n) is 4.01. The molecule has 1 amide bonds. The van der Waals surface area contributed by atoms with Crippen LogP contribution in [-0.2, 0) is 15.0 Å². The standard InChI is InChI=1S/C14H29N3O3S/c1-4-7-10-15-14(18)13-8-11-17(12-9-13)21(19,20)16(5-2)6-3/h13H,4-12H2,1-3H3,(H,15,18). The van der Waals surface area contributed by atoms with Crippen molar-refractivity contribution in [2.75, 3.05) is 32.7 Å². The fourth-order valence-electron chi connectivity index (χ4n) is 2.59. The van der Waals surface area contributed by atoms with Crippen molar-refractivity contribution in [3.8, 4) is 0 Å². The average Bonchev–Trinajstić information content (AvgIpc) is 2.48. The maximum absolute atomic E-state index is 12.4. The van der Waals surface area contributed by atoms with Crippen molar-refractivity contribution in [3.63, 3.8) is 0 Å². The van der Waals surface area contributed by atoms with Gasteiger partial charge in [-0.25, -0.2) is 0 Å². The molecule has 0 aromatic heterocycles. The lowest BCUT2D eigenvalue weighted by atomic mass is 9.97. The molecule has 0 unspecified atom stereocenters. The van der Waals surface area contributed by atoms with E-state index in [9.17, 15) is 13.2 Å². The maximum Gasteiger partial charge on any atom is 0.281 e. The van der Waals surface area contributed by atoms with Crippen molar-refractivity contribution in [1.82, 2.24) is 13.9 Å². The van der Waals surface area contributed by atoms with E-state index in [4.69, 9.17) is 0 Å². The van der Waals surface area contributed by atoms with Gasteiger partial charge >= 0.3 is 0 Å². The van der Waals surface area contributed by atoms with Crippen molar-refractivity contribution >= 4 is 16.1 Å². The van der Waals surface area contributed by atoms with E-state index in [0.717, 1.165) is 12.8 Å². The van der Waals surface area contributed by atoms with Crippen LogP contribution in [0.5, 0.6) is 0 Å². The summed E-state index contributed by atoms with van der Waals surface area (Å²) in [5.41, 5.74) is 0. The topological polar surface area (TPSA) is 69.7 Å². The van der Waals surface area contributed by atoms with Crippen LogP contribution in [0.3, 0.4) is 0 Å². The molecule has 0 aromatic rings. The molecule has 1 aliphatic rings. The lowest BCUT2D eigenvalue weighted by Crippen LogP contribution is -2.48. The highest BCUT2D eigenvalue weighted by molar-refractivity contribution is 7.86. The molecule has 0 aliphatic carbocycles. The van der Waals surface area contributed by atoms with Gasteiger partial charge in [0.15, 0.2) is 0 Å². The molecule has 0 radical (unpaired) electrons. The highest BCUT2D eigenvalue weighted by atomic mass is 32.2. The zero-order valence-electron chi connectivity index (χ0n) is 13.5. The molecule has 1 rings (SSSR count). The first kappa shape index (κ1) is 18.4. The molecule has 0 saturated carbocycles. The molecule has 1 fully saturated rings. The van der Waals surface area contributed by atoms with E-state index in [1.807, 2.05) is 13.8 Å². The number of carbonyl (C=O) groups excluding carboxylic acids is 1. The first-order valence-electron chi connectivity index (χ1n) is 8.00. The monoisotopic (exact) mass is 319 g/mol. The van der Waals surface area contributed by atoms with Gasteiger partial charge in [-0.15, -0.1) is 0 Å². The zero-order valence-corrected chi connectivity index (χ0v) is 14.3. The number of rotatable bonds is 8. The van der Waals surface area contributed by atoms with Crippen LogP contribution < -0.4 is 5.32 Å². The fourth-order valence-corrected chi connectivity index (χ4v) is 4.25. The predicted octanol–water partition coefficient (Wildman–Crippen LogP) is 1.20. The average molecular weight is 319 g/mol. The van der Waals surface area contributed by atoms with Gasteiger partial charge in [-0.2, -0.15) is 17.0 Å². The van der Waals surface area contributed by atoms with E-state index in [1.54, 1.807) is 0 Å². The van der Waals surface area contributed by atoms with Crippen molar-refractivity contribution in [1.29, 1.82) is 0 Å². The minimum Gasteiger partial charge on any atom is -0.356 e. The number of amides is 1. The van der Waals surface area contributed by atoms with E-state index in [-0.39, 0.29) is 11.8 Å². The molecule has 0 aromatic carbocycles. The van der Waals surface area contributed by atoms with Crippen LogP contribution in [0, 0.1) is 5.92 Å². The molecular weight excluding hydrogens is 290 g/mol. The zero-order chi connectivity index (χ0) is 15.9. The summed E-state index contributed by atoms with van der Waals surface area (Å²) in [5, 5.41) is 2.93. The minimum absolute atomic E-state index is 0.0509. The van der Waals surface area contributed by atoms with Crippen LogP contribution in [0.1, 0.15) is 46.5 Å². The van der Waals surface area contributed by atoms with Crippen LogP contribution in [0.25, 0.3) is 0 Å².